The molecule has 1 aromatic carbocycles. The summed E-state index contributed by atoms with van der Waals surface area (Å²) < 4.78 is 14.0. The van der Waals surface area contributed by atoms with Gasteiger partial charge < -0.3 is 10.6 Å². The molecule has 0 radical (unpaired) electrons. The minimum atomic E-state index is -0.586. The van der Waals surface area contributed by atoms with Crippen LogP contribution in [-0.2, 0) is 4.79 Å². The molecule has 10 heteroatoms. The van der Waals surface area contributed by atoms with Gasteiger partial charge in [-0.05, 0) is 31.9 Å². The summed E-state index contributed by atoms with van der Waals surface area (Å²) in [6, 6.07) is 5.52. The maximum atomic E-state index is 14.0. The minimum absolute atomic E-state index is 0.322. The fourth-order valence-electron chi connectivity index (χ4n) is 3.29. The average Bonchev–Trinajstić information content (AvgIpc) is 3.41. The molecule has 0 bridgehead atoms. The normalized spacial score (nSPS) is 16.2. The Kier molecular flexibility index (Phi) is 5.29. The second-order valence-electron chi connectivity index (χ2n) is 6.64. The van der Waals surface area contributed by atoms with Crippen molar-refractivity contribution in [2.75, 3.05) is 11.9 Å². The molecular weight excluding hydrogens is 413 g/mol. The molecule has 3 amide bonds. The predicted octanol–water partition coefficient (Wildman–Crippen LogP) is 3.86. The Labute approximate surface area is 174 Å². The van der Waals surface area contributed by atoms with Crippen LogP contribution in [0.4, 0.5) is 14.3 Å². The number of anilines is 1. The van der Waals surface area contributed by atoms with Crippen LogP contribution in [0.15, 0.2) is 29.6 Å². The molecule has 1 atom stereocenters. The number of benzene rings is 1. The van der Waals surface area contributed by atoms with Crippen molar-refractivity contribution in [3.8, 4) is 21.1 Å². The van der Waals surface area contributed by atoms with Crippen LogP contribution in [0.25, 0.3) is 21.1 Å². The number of primary amides is 1. The molecule has 3 heterocycles. The van der Waals surface area contributed by atoms with Gasteiger partial charge in [-0.25, -0.2) is 19.2 Å². The lowest BCUT2D eigenvalue weighted by molar-refractivity contribution is -0.121. The summed E-state index contributed by atoms with van der Waals surface area (Å²) in [5.74, 6) is -0.825. The molecule has 4 rings (SSSR count). The van der Waals surface area contributed by atoms with E-state index in [1.807, 2.05) is 12.3 Å². The summed E-state index contributed by atoms with van der Waals surface area (Å²) >= 11 is 2.63. The largest absolute Gasteiger partial charge is 0.368 e. The molecule has 0 aliphatic carbocycles. The number of likely N-dealkylation sites (tertiary alicyclic amines) is 1. The highest BCUT2D eigenvalue weighted by molar-refractivity contribution is 7.19. The van der Waals surface area contributed by atoms with Crippen LogP contribution in [0, 0.1) is 12.7 Å². The third-order valence-corrected chi connectivity index (χ3v) is 6.66. The number of aryl methyl sites for hydroxylation is 1. The van der Waals surface area contributed by atoms with Crippen LogP contribution in [0.1, 0.15) is 18.5 Å². The summed E-state index contributed by atoms with van der Waals surface area (Å²) in [7, 11) is 0. The fourth-order valence-corrected chi connectivity index (χ4v) is 5.12. The van der Waals surface area contributed by atoms with Crippen molar-refractivity contribution in [1.29, 1.82) is 0 Å². The zero-order valence-corrected chi connectivity index (χ0v) is 17.1. The lowest BCUT2D eigenvalue weighted by Gasteiger charge is -2.21. The first-order valence-corrected chi connectivity index (χ1v) is 10.7. The zero-order valence-electron chi connectivity index (χ0n) is 15.5. The Hall–Kier alpha value is -2.85. The first-order valence-electron chi connectivity index (χ1n) is 8.99. The topological polar surface area (TPSA) is 101 Å². The SMILES string of the molecule is Cc1nc(NC(=O)N2CCC[C@H]2C(N)=O)sc1-c1csc(-c2ccccc2F)n1. The number of hydrogen-bond donors (Lipinski definition) is 2. The number of thiazole rings is 2. The molecular formula is C19H18FN5O2S2. The van der Waals surface area contributed by atoms with Gasteiger partial charge in [-0.2, -0.15) is 0 Å². The van der Waals surface area contributed by atoms with E-state index in [9.17, 15) is 14.0 Å². The highest BCUT2D eigenvalue weighted by Gasteiger charge is 2.33. The van der Waals surface area contributed by atoms with E-state index in [1.165, 1.54) is 33.6 Å². The van der Waals surface area contributed by atoms with Gasteiger partial charge in [0.2, 0.25) is 5.91 Å². The Balaban J connectivity index is 1.54. The van der Waals surface area contributed by atoms with Crippen LogP contribution in [0.3, 0.4) is 0 Å². The summed E-state index contributed by atoms with van der Waals surface area (Å²) in [5, 5.41) is 5.59. The van der Waals surface area contributed by atoms with Gasteiger partial charge in [-0.1, -0.05) is 23.5 Å². The van der Waals surface area contributed by atoms with Gasteiger partial charge in [0.15, 0.2) is 5.13 Å². The van der Waals surface area contributed by atoms with E-state index in [0.29, 0.717) is 40.1 Å². The van der Waals surface area contributed by atoms with Gasteiger partial charge in [-0.15, -0.1) is 11.3 Å². The van der Waals surface area contributed by atoms with E-state index in [0.717, 1.165) is 11.3 Å². The molecule has 0 unspecified atom stereocenters. The molecule has 3 N–H and O–H groups in total. The number of nitrogens with one attached hydrogen (secondary N) is 1. The van der Waals surface area contributed by atoms with E-state index in [4.69, 9.17) is 5.73 Å². The van der Waals surface area contributed by atoms with Crippen LogP contribution in [0.2, 0.25) is 0 Å². The number of aromatic nitrogens is 2. The van der Waals surface area contributed by atoms with Crippen molar-refractivity contribution in [2.45, 2.75) is 25.8 Å². The lowest BCUT2D eigenvalue weighted by atomic mass is 10.2. The van der Waals surface area contributed by atoms with Gasteiger partial charge >= 0.3 is 6.03 Å². The standard InChI is InChI=1S/C19H18FN5O2S2/c1-10-15(13-9-28-17(23-13)11-5-2-3-6-12(11)20)29-18(22-10)24-19(27)25-8-4-7-14(25)16(21)26/h2-3,5-6,9,14H,4,7-8H2,1H3,(H2,21,26)(H,22,24,27)/t14-/m0/s1. The predicted molar refractivity (Wildman–Crippen MR) is 111 cm³/mol. The minimum Gasteiger partial charge on any atom is -0.368 e. The second kappa shape index (κ2) is 7.88. The van der Waals surface area contributed by atoms with Crippen molar-refractivity contribution in [1.82, 2.24) is 14.9 Å². The van der Waals surface area contributed by atoms with Gasteiger partial charge in [0.1, 0.15) is 16.9 Å². The smallest absolute Gasteiger partial charge is 0.324 e. The first kappa shape index (κ1) is 19.5. The van der Waals surface area contributed by atoms with Gasteiger partial charge in [0, 0.05) is 17.5 Å². The van der Waals surface area contributed by atoms with Crippen molar-refractivity contribution >= 4 is 39.7 Å². The second-order valence-corrected chi connectivity index (χ2v) is 8.49. The van der Waals surface area contributed by atoms with Crippen LogP contribution in [-0.4, -0.2) is 39.4 Å². The van der Waals surface area contributed by atoms with Crippen molar-refractivity contribution in [3.05, 3.63) is 41.2 Å². The number of nitrogens with zero attached hydrogens (tertiary/aromatic N) is 3. The van der Waals surface area contributed by atoms with Crippen molar-refractivity contribution in [2.24, 2.45) is 5.73 Å². The number of halogens is 1. The number of carbonyl (C=O) groups is 2. The summed E-state index contributed by atoms with van der Waals surface area (Å²) in [6.45, 7) is 2.31. The molecule has 1 fully saturated rings. The molecule has 0 spiro atoms. The maximum absolute atomic E-state index is 14.0. The molecule has 3 aromatic rings. The van der Waals surface area contributed by atoms with Crippen molar-refractivity contribution < 1.29 is 14.0 Å². The third kappa shape index (κ3) is 3.85. The first-order chi connectivity index (χ1) is 13.9. The number of amides is 3. The third-order valence-electron chi connectivity index (χ3n) is 4.69. The average molecular weight is 432 g/mol. The molecule has 29 heavy (non-hydrogen) atoms. The highest BCUT2D eigenvalue weighted by atomic mass is 32.1. The lowest BCUT2D eigenvalue weighted by Crippen LogP contribution is -2.45. The van der Waals surface area contributed by atoms with E-state index in [2.05, 4.69) is 15.3 Å². The van der Waals surface area contributed by atoms with E-state index in [-0.39, 0.29) is 5.82 Å². The zero-order chi connectivity index (χ0) is 20.5. The number of nitrogens with two attached hydrogens (primary N) is 1. The Morgan fingerprint density at radius 2 is 2.10 bits per heavy atom. The molecule has 1 saturated heterocycles. The summed E-state index contributed by atoms with van der Waals surface area (Å²) in [4.78, 5) is 35.2. The molecule has 0 saturated carbocycles. The van der Waals surface area contributed by atoms with E-state index in [1.54, 1.807) is 18.2 Å². The molecule has 2 aromatic heterocycles. The Bertz CT molecular complexity index is 1080. The number of rotatable bonds is 4. The monoisotopic (exact) mass is 431 g/mol. The van der Waals surface area contributed by atoms with Crippen LogP contribution < -0.4 is 11.1 Å². The number of carbonyl (C=O) groups excluding carboxylic acids is 2. The van der Waals surface area contributed by atoms with Gasteiger partial charge in [-0.3, -0.25) is 10.1 Å². The maximum Gasteiger partial charge on any atom is 0.324 e. The number of hydrogen-bond acceptors (Lipinski definition) is 6. The van der Waals surface area contributed by atoms with Crippen molar-refractivity contribution in [3.63, 3.8) is 0 Å². The molecule has 1 aliphatic rings. The quantitative estimate of drug-likeness (QED) is 0.655. The van der Waals surface area contributed by atoms with Crippen LogP contribution >= 0.6 is 22.7 Å². The molecule has 7 nitrogen and oxygen atoms in total. The number of urea groups is 1. The Morgan fingerprint density at radius 1 is 1.31 bits per heavy atom. The molecule has 1 aliphatic heterocycles. The van der Waals surface area contributed by atoms with Gasteiger partial charge in [0.25, 0.3) is 0 Å². The van der Waals surface area contributed by atoms with Crippen LogP contribution in [0.5, 0.6) is 0 Å². The molecule has 150 valence electrons. The summed E-state index contributed by atoms with van der Waals surface area (Å²) in [6.07, 6.45) is 1.31. The fraction of sp³-hybridized carbons (Fsp3) is 0.263. The highest BCUT2D eigenvalue weighted by Crippen LogP contribution is 2.36. The van der Waals surface area contributed by atoms with E-state index >= 15 is 0 Å². The Morgan fingerprint density at radius 3 is 2.86 bits per heavy atom. The summed E-state index contributed by atoms with van der Waals surface area (Å²) in [5.41, 5.74) is 7.22. The van der Waals surface area contributed by atoms with E-state index < -0.39 is 18.0 Å². The van der Waals surface area contributed by atoms with Gasteiger partial charge in [0.05, 0.1) is 16.3 Å².